The highest BCUT2D eigenvalue weighted by Crippen LogP contribution is 2.38. The summed E-state index contributed by atoms with van der Waals surface area (Å²) in [4.78, 5) is 0. The fourth-order valence-electron chi connectivity index (χ4n) is 5.15. The van der Waals surface area contributed by atoms with E-state index in [1.807, 2.05) is 0 Å². The molecule has 2 heteroatoms. The highest BCUT2D eigenvalue weighted by Gasteiger charge is 2.31. The van der Waals surface area contributed by atoms with E-state index in [1.54, 1.807) is 0 Å². The lowest BCUT2D eigenvalue weighted by Crippen LogP contribution is -2.26. The van der Waals surface area contributed by atoms with Crippen molar-refractivity contribution in [3.05, 3.63) is 84.9 Å². The van der Waals surface area contributed by atoms with Gasteiger partial charge in [0.1, 0.15) is 11.5 Å². The molecule has 0 saturated heterocycles. The first kappa shape index (κ1) is 20.9. The molecule has 2 nitrogen and oxygen atoms in total. The molecule has 0 aliphatic heterocycles. The van der Waals surface area contributed by atoms with Crippen LogP contribution >= 0.6 is 0 Å². The van der Waals surface area contributed by atoms with Crippen molar-refractivity contribution in [2.75, 3.05) is 13.2 Å². The second kappa shape index (κ2) is 9.65. The predicted octanol–water partition coefficient (Wildman–Crippen LogP) is 7.89. The summed E-state index contributed by atoms with van der Waals surface area (Å²) >= 11 is 0. The molecule has 4 aromatic carbocycles. The molecule has 0 aromatic heterocycles. The van der Waals surface area contributed by atoms with Gasteiger partial charge in [0.05, 0.1) is 13.2 Å². The molecule has 1 aliphatic rings. The summed E-state index contributed by atoms with van der Waals surface area (Å²) in [5, 5.41) is 4.94. The molecule has 164 valence electrons. The van der Waals surface area contributed by atoms with Gasteiger partial charge in [0.25, 0.3) is 0 Å². The predicted molar refractivity (Wildman–Crippen MR) is 133 cm³/mol. The van der Waals surface area contributed by atoms with E-state index >= 15 is 0 Å². The Hall–Kier alpha value is -3.00. The number of rotatable bonds is 8. The van der Waals surface area contributed by atoms with Crippen LogP contribution in [0.2, 0.25) is 0 Å². The molecule has 0 radical (unpaired) electrons. The smallest absolute Gasteiger partial charge is 0.119 e. The minimum atomic E-state index is 0.393. The summed E-state index contributed by atoms with van der Waals surface area (Å²) < 4.78 is 12.7. The molecule has 32 heavy (non-hydrogen) atoms. The Morgan fingerprint density at radius 3 is 1.72 bits per heavy atom. The SMILES string of the molecule is CCC1CCC(C(COc2ccc3ccccc3c2)COc2ccc3ccccc3c2)C1. The maximum atomic E-state index is 6.34. The number of benzene rings is 4. The summed E-state index contributed by atoms with van der Waals surface area (Å²) in [7, 11) is 0. The number of fused-ring (bicyclic) bond motifs is 2. The molecule has 0 heterocycles. The maximum Gasteiger partial charge on any atom is 0.119 e. The Bertz CT molecular complexity index is 1100. The van der Waals surface area contributed by atoms with E-state index in [2.05, 4.69) is 91.9 Å². The zero-order valence-electron chi connectivity index (χ0n) is 18.9. The van der Waals surface area contributed by atoms with Crippen LogP contribution in [-0.4, -0.2) is 13.2 Å². The third kappa shape index (κ3) is 4.75. The monoisotopic (exact) mass is 424 g/mol. The molecule has 1 saturated carbocycles. The fraction of sp³-hybridized carbons (Fsp3) is 0.333. The van der Waals surface area contributed by atoms with Crippen molar-refractivity contribution in [1.29, 1.82) is 0 Å². The summed E-state index contributed by atoms with van der Waals surface area (Å²) in [5.41, 5.74) is 0. The van der Waals surface area contributed by atoms with Crippen LogP contribution in [0, 0.1) is 17.8 Å². The number of hydrogen-bond donors (Lipinski definition) is 0. The maximum absolute atomic E-state index is 6.34. The van der Waals surface area contributed by atoms with Gasteiger partial charge in [-0.15, -0.1) is 0 Å². The third-order valence-corrected chi connectivity index (χ3v) is 7.20. The Kier molecular flexibility index (Phi) is 6.29. The van der Waals surface area contributed by atoms with Crippen molar-refractivity contribution < 1.29 is 9.47 Å². The van der Waals surface area contributed by atoms with Crippen molar-refractivity contribution >= 4 is 21.5 Å². The summed E-state index contributed by atoms with van der Waals surface area (Å²) in [6.45, 7) is 3.72. The fourth-order valence-corrected chi connectivity index (χ4v) is 5.15. The van der Waals surface area contributed by atoms with E-state index in [4.69, 9.17) is 9.47 Å². The van der Waals surface area contributed by atoms with Crippen molar-refractivity contribution in [1.82, 2.24) is 0 Å². The van der Waals surface area contributed by atoms with Gasteiger partial charge in [-0.3, -0.25) is 0 Å². The van der Waals surface area contributed by atoms with Crippen LogP contribution in [0.4, 0.5) is 0 Å². The van der Waals surface area contributed by atoms with Crippen molar-refractivity contribution in [2.24, 2.45) is 17.8 Å². The lowest BCUT2D eigenvalue weighted by Gasteiger charge is -2.24. The van der Waals surface area contributed by atoms with E-state index in [1.165, 1.54) is 47.2 Å². The lowest BCUT2D eigenvalue weighted by molar-refractivity contribution is 0.129. The Labute approximate surface area is 191 Å². The summed E-state index contributed by atoms with van der Waals surface area (Å²) in [5.74, 6) is 3.81. The van der Waals surface area contributed by atoms with Gasteiger partial charge < -0.3 is 9.47 Å². The van der Waals surface area contributed by atoms with Crippen LogP contribution in [-0.2, 0) is 0 Å². The van der Waals surface area contributed by atoms with Gasteiger partial charge >= 0.3 is 0 Å². The number of ether oxygens (including phenoxy) is 2. The standard InChI is InChI=1S/C30H32O2/c1-2-22-11-12-27(17-22)28(20-31-29-15-13-23-7-3-5-9-25(23)18-29)21-32-30-16-14-24-8-4-6-10-26(24)19-30/h3-10,13-16,18-19,22,27-28H,2,11-12,17,20-21H2,1H3. The van der Waals surface area contributed by atoms with Gasteiger partial charge in [0, 0.05) is 5.92 Å². The molecule has 4 aromatic rings. The molecular weight excluding hydrogens is 392 g/mol. The second-order valence-corrected chi connectivity index (χ2v) is 9.25. The molecule has 0 bridgehead atoms. The molecule has 2 atom stereocenters. The highest BCUT2D eigenvalue weighted by atomic mass is 16.5. The van der Waals surface area contributed by atoms with Crippen LogP contribution in [0.5, 0.6) is 11.5 Å². The minimum absolute atomic E-state index is 0.393. The second-order valence-electron chi connectivity index (χ2n) is 9.25. The first-order chi connectivity index (χ1) is 15.8. The Balaban J connectivity index is 1.29. The quantitative estimate of drug-likeness (QED) is 0.286. The molecule has 1 aliphatic carbocycles. The highest BCUT2D eigenvalue weighted by molar-refractivity contribution is 5.84. The van der Waals surface area contributed by atoms with Gasteiger partial charge in [0.2, 0.25) is 0 Å². The molecule has 1 fully saturated rings. The molecule has 0 N–H and O–H groups in total. The van der Waals surface area contributed by atoms with Crippen molar-refractivity contribution in [3.8, 4) is 11.5 Å². The van der Waals surface area contributed by atoms with Crippen molar-refractivity contribution in [2.45, 2.75) is 32.6 Å². The Morgan fingerprint density at radius 2 is 1.22 bits per heavy atom. The normalized spacial score (nSPS) is 18.4. The van der Waals surface area contributed by atoms with Crippen LogP contribution in [0.1, 0.15) is 32.6 Å². The van der Waals surface area contributed by atoms with Gasteiger partial charge in [0.15, 0.2) is 0 Å². The summed E-state index contributed by atoms with van der Waals surface area (Å²) in [6, 6.07) is 29.7. The van der Waals surface area contributed by atoms with Crippen LogP contribution in [0.3, 0.4) is 0 Å². The lowest BCUT2D eigenvalue weighted by atomic mass is 9.90. The van der Waals surface area contributed by atoms with Crippen molar-refractivity contribution in [3.63, 3.8) is 0 Å². The topological polar surface area (TPSA) is 18.5 Å². The van der Waals surface area contributed by atoms with E-state index in [0.717, 1.165) is 17.4 Å². The molecular formula is C30H32O2. The van der Waals surface area contributed by atoms with Crippen LogP contribution in [0.15, 0.2) is 84.9 Å². The zero-order valence-corrected chi connectivity index (χ0v) is 18.9. The van der Waals surface area contributed by atoms with E-state index in [-0.39, 0.29) is 0 Å². The van der Waals surface area contributed by atoms with Gasteiger partial charge in [-0.1, -0.05) is 80.4 Å². The molecule has 0 spiro atoms. The van der Waals surface area contributed by atoms with E-state index < -0.39 is 0 Å². The van der Waals surface area contributed by atoms with Gasteiger partial charge in [-0.25, -0.2) is 0 Å². The zero-order chi connectivity index (χ0) is 21.8. The minimum Gasteiger partial charge on any atom is -0.493 e. The van der Waals surface area contributed by atoms with E-state index in [9.17, 15) is 0 Å². The largest absolute Gasteiger partial charge is 0.493 e. The van der Waals surface area contributed by atoms with Crippen LogP contribution < -0.4 is 9.47 Å². The summed E-state index contributed by atoms with van der Waals surface area (Å²) in [6.07, 6.45) is 5.19. The molecule has 5 rings (SSSR count). The molecule has 0 amide bonds. The van der Waals surface area contributed by atoms with Gasteiger partial charge in [-0.05, 0) is 70.5 Å². The molecule has 2 unspecified atom stereocenters. The van der Waals surface area contributed by atoms with Gasteiger partial charge in [-0.2, -0.15) is 0 Å². The first-order valence-electron chi connectivity index (χ1n) is 12.0. The third-order valence-electron chi connectivity index (χ3n) is 7.20. The van der Waals surface area contributed by atoms with E-state index in [0.29, 0.717) is 25.0 Å². The Morgan fingerprint density at radius 1 is 0.688 bits per heavy atom. The average Bonchev–Trinajstić information content (AvgIpc) is 3.33. The van der Waals surface area contributed by atoms with Crippen LogP contribution in [0.25, 0.3) is 21.5 Å². The number of hydrogen-bond acceptors (Lipinski definition) is 2. The first-order valence-corrected chi connectivity index (χ1v) is 12.0. The average molecular weight is 425 g/mol.